The van der Waals surface area contributed by atoms with Crippen LogP contribution in [0.25, 0.3) is 0 Å². The second-order valence-electron chi connectivity index (χ2n) is 5.32. The minimum absolute atomic E-state index is 0.00834. The van der Waals surface area contributed by atoms with Gasteiger partial charge in [-0.2, -0.15) is 0 Å². The molecule has 2 heterocycles. The molecule has 20 heavy (non-hydrogen) atoms. The van der Waals surface area contributed by atoms with Gasteiger partial charge in [-0.05, 0) is 32.1 Å². The first-order chi connectivity index (χ1) is 9.74. The molecule has 1 aliphatic heterocycles. The van der Waals surface area contributed by atoms with E-state index in [1.165, 1.54) is 12.8 Å². The normalized spacial score (nSPS) is 19.5. The van der Waals surface area contributed by atoms with Gasteiger partial charge in [-0.15, -0.1) is 0 Å². The number of carbonyl (C=O) groups excluding carboxylic acids is 1. The number of likely N-dealkylation sites (tertiary alicyclic amines) is 1. The Hall–Kier alpha value is -1.65. The van der Waals surface area contributed by atoms with Crippen LogP contribution in [0.3, 0.4) is 0 Å². The van der Waals surface area contributed by atoms with Gasteiger partial charge in [0, 0.05) is 19.6 Å². The Kier molecular flexibility index (Phi) is 5.32. The highest BCUT2D eigenvalue weighted by molar-refractivity contribution is 5.92. The molecule has 0 aromatic carbocycles. The van der Waals surface area contributed by atoms with E-state index in [1.807, 2.05) is 11.8 Å². The Morgan fingerprint density at radius 1 is 1.35 bits per heavy atom. The van der Waals surface area contributed by atoms with Gasteiger partial charge < -0.3 is 10.2 Å². The quantitative estimate of drug-likeness (QED) is 0.918. The van der Waals surface area contributed by atoms with E-state index in [0.717, 1.165) is 38.4 Å². The van der Waals surface area contributed by atoms with Crippen LogP contribution in [0, 0.1) is 5.92 Å². The van der Waals surface area contributed by atoms with Crippen molar-refractivity contribution in [2.45, 2.75) is 39.5 Å². The summed E-state index contributed by atoms with van der Waals surface area (Å²) in [5.74, 6) is 1.43. The first-order valence-electron chi connectivity index (χ1n) is 7.59. The van der Waals surface area contributed by atoms with Gasteiger partial charge in [0.2, 0.25) is 0 Å². The van der Waals surface area contributed by atoms with Gasteiger partial charge in [0.25, 0.3) is 5.91 Å². The van der Waals surface area contributed by atoms with E-state index in [-0.39, 0.29) is 5.91 Å². The number of rotatable bonds is 4. The average molecular weight is 276 g/mol. The lowest BCUT2D eigenvalue weighted by Gasteiger charge is -2.20. The Balaban J connectivity index is 2.04. The van der Waals surface area contributed by atoms with Crippen molar-refractivity contribution >= 4 is 11.7 Å². The van der Waals surface area contributed by atoms with Gasteiger partial charge in [0.1, 0.15) is 11.5 Å². The Bertz CT molecular complexity index is 449. The summed E-state index contributed by atoms with van der Waals surface area (Å²) in [5.41, 5.74) is 0.443. The van der Waals surface area contributed by atoms with Crippen LogP contribution in [-0.2, 0) is 0 Å². The SMILES string of the molecule is CCNc1cncc(C(=O)N2CCCC(CC)CC2)n1. The monoisotopic (exact) mass is 276 g/mol. The zero-order chi connectivity index (χ0) is 14.4. The molecule has 1 aromatic rings. The second kappa shape index (κ2) is 7.22. The van der Waals surface area contributed by atoms with Crippen LogP contribution in [0.4, 0.5) is 5.82 Å². The Morgan fingerprint density at radius 3 is 2.95 bits per heavy atom. The molecule has 0 bridgehead atoms. The van der Waals surface area contributed by atoms with Crippen LogP contribution in [0.15, 0.2) is 12.4 Å². The smallest absolute Gasteiger partial charge is 0.274 e. The summed E-state index contributed by atoms with van der Waals surface area (Å²) >= 11 is 0. The van der Waals surface area contributed by atoms with Gasteiger partial charge in [-0.3, -0.25) is 9.78 Å². The summed E-state index contributed by atoms with van der Waals surface area (Å²) in [5, 5.41) is 3.09. The third-order valence-electron chi connectivity index (χ3n) is 3.92. The zero-order valence-corrected chi connectivity index (χ0v) is 12.4. The molecular weight excluding hydrogens is 252 g/mol. The van der Waals surface area contributed by atoms with E-state index in [1.54, 1.807) is 12.4 Å². The van der Waals surface area contributed by atoms with Crippen molar-refractivity contribution in [1.82, 2.24) is 14.9 Å². The van der Waals surface area contributed by atoms with Crippen molar-refractivity contribution in [3.05, 3.63) is 18.1 Å². The summed E-state index contributed by atoms with van der Waals surface area (Å²) in [6, 6.07) is 0. The maximum atomic E-state index is 12.5. The van der Waals surface area contributed by atoms with E-state index in [0.29, 0.717) is 11.5 Å². The number of nitrogens with one attached hydrogen (secondary N) is 1. The van der Waals surface area contributed by atoms with Crippen LogP contribution >= 0.6 is 0 Å². The number of hydrogen-bond acceptors (Lipinski definition) is 4. The standard InChI is InChI=1S/C15H24N4O/c1-3-12-6-5-8-19(9-7-12)15(20)13-10-16-11-14(18-13)17-4-2/h10-12H,3-9H2,1-2H3,(H,17,18). The van der Waals surface area contributed by atoms with Crippen LogP contribution in [0.5, 0.6) is 0 Å². The third-order valence-corrected chi connectivity index (χ3v) is 3.92. The second-order valence-corrected chi connectivity index (χ2v) is 5.32. The molecule has 1 aromatic heterocycles. The van der Waals surface area contributed by atoms with E-state index in [9.17, 15) is 4.79 Å². The molecule has 0 aliphatic carbocycles. The van der Waals surface area contributed by atoms with Gasteiger partial charge in [-0.1, -0.05) is 13.3 Å². The van der Waals surface area contributed by atoms with Crippen molar-refractivity contribution in [3.63, 3.8) is 0 Å². The molecule has 0 radical (unpaired) electrons. The fraction of sp³-hybridized carbons (Fsp3) is 0.667. The van der Waals surface area contributed by atoms with Crippen molar-refractivity contribution in [1.29, 1.82) is 0 Å². The summed E-state index contributed by atoms with van der Waals surface area (Å²) in [6.45, 7) is 6.67. The van der Waals surface area contributed by atoms with Crippen molar-refractivity contribution < 1.29 is 4.79 Å². The van der Waals surface area contributed by atoms with E-state index < -0.39 is 0 Å². The largest absolute Gasteiger partial charge is 0.369 e. The fourth-order valence-electron chi connectivity index (χ4n) is 2.67. The molecule has 1 unspecified atom stereocenters. The van der Waals surface area contributed by atoms with E-state index in [4.69, 9.17) is 0 Å². The van der Waals surface area contributed by atoms with Crippen LogP contribution in [0.1, 0.15) is 50.0 Å². The number of nitrogens with zero attached hydrogens (tertiary/aromatic N) is 3. The minimum Gasteiger partial charge on any atom is -0.369 e. The highest BCUT2D eigenvalue weighted by Crippen LogP contribution is 2.21. The van der Waals surface area contributed by atoms with Crippen LogP contribution < -0.4 is 5.32 Å². The lowest BCUT2D eigenvalue weighted by Crippen LogP contribution is -2.32. The Labute approximate surface area is 120 Å². The highest BCUT2D eigenvalue weighted by Gasteiger charge is 2.22. The molecule has 5 heteroatoms. The molecule has 1 aliphatic rings. The number of anilines is 1. The third kappa shape index (κ3) is 3.68. The van der Waals surface area contributed by atoms with Gasteiger partial charge >= 0.3 is 0 Å². The minimum atomic E-state index is 0.00834. The number of carbonyl (C=O) groups is 1. The lowest BCUT2D eigenvalue weighted by atomic mass is 9.98. The molecule has 1 N–H and O–H groups in total. The molecule has 0 saturated carbocycles. The Morgan fingerprint density at radius 2 is 2.20 bits per heavy atom. The summed E-state index contributed by atoms with van der Waals surface area (Å²) in [4.78, 5) is 22.9. The predicted molar refractivity (Wildman–Crippen MR) is 79.7 cm³/mol. The van der Waals surface area contributed by atoms with Gasteiger partial charge in [-0.25, -0.2) is 4.98 Å². The number of amides is 1. The topological polar surface area (TPSA) is 58.1 Å². The van der Waals surface area contributed by atoms with Crippen LogP contribution in [-0.4, -0.2) is 40.4 Å². The number of hydrogen-bond donors (Lipinski definition) is 1. The van der Waals surface area contributed by atoms with E-state index >= 15 is 0 Å². The van der Waals surface area contributed by atoms with Crippen molar-refractivity contribution in [2.24, 2.45) is 5.92 Å². The molecule has 5 nitrogen and oxygen atoms in total. The maximum Gasteiger partial charge on any atom is 0.274 e. The molecular formula is C15H24N4O. The summed E-state index contributed by atoms with van der Waals surface area (Å²) in [7, 11) is 0. The fourth-order valence-corrected chi connectivity index (χ4v) is 2.67. The molecule has 1 amide bonds. The zero-order valence-electron chi connectivity index (χ0n) is 12.4. The summed E-state index contributed by atoms with van der Waals surface area (Å²) < 4.78 is 0. The molecule has 1 fully saturated rings. The van der Waals surface area contributed by atoms with Gasteiger partial charge in [0.05, 0.1) is 12.4 Å². The van der Waals surface area contributed by atoms with Crippen molar-refractivity contribution in [3.8, 4) is 0 Å². The average Bonchev–Trinajstić information content (AvgIpc) is 2.72. The molecule has 1 atom stereocenters. The molecule has 2 rings (SSSR count). The van der Waals surface area contributed by atoms with Crippen LogP contribution in [0.2, 0.25) is 0 Å². The first kappa shape index (κ1) is 14.8. The molecule has 110 valence electrons. The molecule has 0 spiro atoms. The predicted octanol–water partition coefficient (Wildman–Crippen LogP) is 2.56. The number of aromatic nitrogens is 2. The first-order valence-corrected chi connectivity index (χ1v) is 7.59. The lowest BCUT2D eigenvalue weighted by molar-refractivity contribution is 0.0753. The van der Waals surface area contributed by atoms with Crippen molar-refractivity contribution in [2.75, 3.05) is 25.0 Å². The molecule has 1 saturated heterocycles. The van der Waals surface area contributed by atoms with Gasteiger partial charge in [0.15, 0.2) is 0 Å². The maximum absolute atomic E-state index is 12.5. The summed E-state index contributed by atoms with van der Waals surface area (Å²) in [6.07, 6.45) is 7.83. The highest BCUT2D eigenvalue weighted by atomic mass is 16.2. The van der Waals surface area contributed by atoms with E-state index in [2.05, 4.69) is 22.2 Å².